The summed E-state index contributed by atoms with van der Waals surface area (Å²) >= 11 is 0. The van der Waals surface area contributed by atoms with Gasteiger partial charge >= 0.3 is 6.18 Å². The smallest absolute Gasteiger partial charge is 0.366 e. The van der Waals surface area contributed by atoms with Gasteiger partial charge in [-0.25, -0.2) is 9.97 Å². The third-order valence-corrected chi connectivity index (χ3v) is 5.77. The van der Waals surface area contributed by atoms with Crippen molar-refractivity contribution in [1.82, 2.24) is 19.7 Å². The van der Waals surface area contributed by atoms with E-state index in [-0.39, 0.29) is 18.4 Å². The zero-order chi connectivity index (χ0) is 19.4. The lowest BCUT2D eigenvalue weighted by atomic mass is 9.97. The molecule has 0 aromatic carbocycles. The molecule has 1 unspecified atom stereocenters. The highest BCUT2D eigenvalue weighted by Gasteiger charge is 2.64. The summed E-state index contributed by atoms with van der Waals surface area (Å²) < 4.78 is 42.3. The second-order valence-electron chi connectivity index (χ2n) is 7.61. The van der Waals surface area contributed by atoms with E-state index < -0.39 is 11.6 Å². The normalized spacial score (nSPS) is 21.2. The molecule has 2 fully saturated rings. The lowest BCUT2D eigenvalue weighted by molar-refractivity contribution is -0.160. The molecule has 8 heteroatoms. The summed E-state index contributed by atoms with van der Waals surface area (Å²) in [4.78, 5) is 9.01. The van der Waals surface area contributed by atoms with E-state index in [1.54, 1.807) is 28.9 Å². The van der Waals surface area contributed by atoms with E-state index in [9.17, 15) is 13.2 Å². The zero-order valence-corrected chi connectivity index (χ0v) is 15.1. The van der Waals surface area contributed by atoms with Crippen molar-refractivity contribution in [2.45, 2.75) is 36.9 Å². The van der Waals surface area contributed by atoms with Gasteiger partial charge in [-0.2, -0.15) is 13.2 Å². The van der Waals surface area contributed by atoms with Crippen LogP contribution in [0.5, 0.6) is 0 Å². The Morgan fingerprint density at radius 2 is 2.04 bits per heavy atom. The van der Waals surface area contributed by atoms with Gasteiger partial charge in [-0.3, -0.25) is 4.40 Å². The topological polar surface area (TPSA) is 54.2 Å². The minimum absolute atomic E-state index is 0.138. The van der Waals surface area contributed by atoms with Gasteiger partial charge in [0.1, 0.15) is 11.5 Å². The molecule has 3 aromatic rings. The van der Waals surface area contributed by atoms with E-state index in [4.69, 9.17) is 0 Å². The summed E-state index contributed by atoms with van der Waals surface area (Å²) in [6.07, 6.45) is 0.303. The highest BCUT2D eigenvalue weighted by atomic mass is 19.4. The highest BCUT2D eigenvalue weighted by molar-refractivity contribution is 5.62. The predicted molar refractivity (Wildman–Crippen MR) is 100 cm³/mol. The van der Waals surface area contributed by atoms with Gasteiger partial charge in [-0.15, -0.1) is 0 Å². The number of alkyl halides is 3. The average molecular weight is 387 g/mol. The number of nitrogens with zero attached hydrogens (tertiary/aromatic N) is 3. The fraction of sp³-hybridized carbons (Fsp3) is 0.400. The second-order valence-corrected chi connectivity index (χ2v) is 7.61. The summed E-state index contributed by atoms with van der Waals surface area (Å²) in [5.41, 5.74) is 0.546. The van der Waals surface area contributed by atoms with Crippen molar-refractivity contribution < 1.29 is 13.2 Å². The molecule has 0 bridgehead atoms. The number of hydrogen-bond acceptors (Lipinski definition) is 4. The number of rotatable bonds is 4. The summed E-state index contributed by atoms with van der Waals surface area (Å²) in [5.74, 6) is 0.756. The van der Waals surface area contributed by atoms with Crippen molar-refractivity contribution in [2.75, 3.05) is 18.4 Å². The Bertz CT molecular complexity index is 1020. The first kappa shape index (κ1) is 17.5. The van der Waals surface area contributed by atoms with Crippen molar-refractivity contribution in [3.63, 3.8) is 0 Å². The third kappa shape index (κ3) is 2.83. The van der Waals surface area contributed by atoms with Crippen LogP contribution in [0.2, 0.25) is 0 Å². The molecule has 4 heterocycles. The molecule has 2 aliphatic rings. The van der Waals surface area contributed by atoms with Gasteiger partial charge in [0, 0.05) is 18.8 Å². The van der Waals surface area contributed by atoms with Crippen LogP contribution in [0.25, 0.3) is 17.0 Å². The summed E-state index contributed by atoms with van der Waals surface area (Å²) in [6.45, 7) is 1.87. The van der Waals surface area contributed by atoms with Crippen LogP contribution in [-0.2, 0) is 5.41 Å². The average Bonchev–Trinajstić information content (AvgIpc) is 3.16. The van der Waals surface area contributed by atoms with Crippen LogP contribution in [0, 0.1) is 0 Å². The molecular weight excluding hydrogens is 367 g/mol. The van der Waals surface area contributed by atoms with Gasteiger partial charge in [0.05, 0.1) is 23.0 Å². The minimum Gasteiger partial charge on any atom is -0.366 e. The molecule has 0 amide bonds. The molecule has 0 radical (unpaired) electrons. The first-order valence-electron chi connectivity index (χ1n) is 9.45. The number of nitrogens with one attached hydrogen (secondary N) is 2. The van der Waals surface area contributed by atoms with Gasteiger partial charge in [0.2, 0.25) is 0 Å². The first-order valence-corrected chi connectivity index (χ1v) is 9.45. The fourth-order valence-electron chi connectivity index (χ4n) is 3.96. The molecular formula is C20H20F3N5. The van der Waals surface area contributed by atoms with Crippen LogP contribution < -0.4 is 10.6 Å². The molecule has 5 rings (SSSR count). The third-order valence-electron chi connectivity index (χ3n) is 5.77. The maximum absolute atomic E-state index is 13.5. The fourth-order valence-corrected chi connectivity index (χ4v) is 3.96. The highest BCUT2D eigenvalue weighted by Crippen LogP contribution is 2.58. The van der Waals surface area contributed by atoms with Gasteiger partial charge in [-0.1, -0.05) is 12.1 Å². The number of pyridine rings is 2. The van der Waals surface area contributed by atoms with Crippen LogP contribution >= 0.6 is 0 Å². The van der Waals surface area contributed by atoms with E-state index >= 15 is 0 Å². The van der Waals surface area contributed by atoms with Gasteiger partial charge in [0.15, 0.2) is 0 Å². The van der Waals surface area contributed by atoms with Gasteiger partial charge < -0.3 is 10.6 Å². The van der Waals surface area contributed by atoms with Gasteiger partial charge in [0.25, 0.3) is 0 Å². The molecule has 1 aliphatic carbocycles. The summed E-state index contributed by atoms with van der Waals surface area (Å²) in [7, 11) is 0. The van der Waals surface area contributed by atoms with Crippen LogP contribution in [0.3, 0.4) is 0 Å². The number of halogens is 3. The molecule has 1 aliphatic heterocycles. The zero-order valence-electron chi connectivity index (χ0n) is 15.1. The lowest BCUT2D eigenvalue weighted by Gasteiger charge is -2.20. The molecule has 0 spiro atoms. The van der Waals surface area contributed by atoms with Crippen LogP contribution in [0.1, 0.15) is 24.8 Å². The molecule has 3 aromatic heterocycles. The number of hydrogen-bond donors (Lipinski definition) is 2. The molecule has 1 saturated carbocycles. The van der Waals surface area contributed by atoms with E-state index in [0.29, 0.717) is 23.1 Å². The molecule has 5 nitrogen and oxygen atoms in total. The maximum atomic E-state index is 13.5. The van der Waals surface area contributed by atoms with Crippen molar-refractivity contribution in [1.29, 1.82) is 0 Å². The Kier molecular flexibility index (Phi) is 3.87. The van der Waals surface area contributed by atoms with Crippen LogP contribution in [0.4, 0.5) is 19.0 Å². The van der Waals surface area contributed by atoms with Crippen LogP contribution in [0.15, 0.2) is 42.7 Å². The Labute approximate surface area is 160 Å². The largest absolute Gasteiger partial charge is 0.398 e. The number of fused-ring (bicyclic) bond motifs is 1. The standard InChI is InChI=1S/C20H20F3N5/c21-20(22,23)19(7-8-19)13-4-5-18-25-11-16(28(18)12-13)15-2-1-3-17(27-15)26-14-6-9-24-10-14/h1-5,11-12,14,24H,6-10H2,(H,26,27). The minimum atomic E-state index is -4.24. The summed E-state index contributed by atoms with van der Waals surface area (Å²) in [6, 6.07) is 9.18. The molecule has 28 heavy (non-hydrogen) atoms. The van der Waals surface area contributed by atoms with Crippen molar-refractivity contribution in [3.05, 3.63) is 48.3 Å². The van der Waals surface area contributed by atoms with Crippen molar-refractivity contribution in [3.8, 4) is 11.4 Å². The number of aromatic nitrogens is 3. The monoisotopic (exact) mass is 387 g/mol. The first-order chi connectivity index (χ1) is 13.5. The molecule has 1 atom stereocenters. The second kappa shape index (κ2) is 6.20. The van der Waals surface area contributed by atoms with Crippen LogP contribution in [-0.4, -0.2) is 39.7 Å². The summed E-state index contributed by atoms with van der Waals surface area (Å²) in [5, 5.41) is 6.71. The van der Waals surface area contributed by atoms with Crippen molar-refractivity contribution >= 4 is 11.5 Å². The number of imidazole rings is 1. The van der Waals surface area contributed by atoms with Gasteiger partial charge in [-0.05, 0) is 49.6 Å². The van der Waals surface area contributed by atoms with Crippen molar-refractivity contribution in [2.24, 2.45) is 0 Å². The molecule has 1 saturated heterocycles. The quantitative estimate of drug-likeness (QED) is 0.716. The SMILES string of the molecule is FC(F)(F)C1(c2ccc3ncc(-c4cccc(NC5CCNC5)n4)n3c2)CC1. The Balaban J connectivity index is 1.52. The Morgan fingerprint density at radius 3 is 2.75 bits per heavy atom. The lowest BCUT2D eigenvalue weighted by Crippen LogP contribution is -2.28. The molecule has 2 N–H and O–H groups in total. The molecule has 146 valence electrons. The predicted octanol–water partition coefficient (Wildman–Crippen LogP) is 3.76. The van der Waals surface area contributed by atoms with E-state index in [0.717, 1.165) is 25.3 Å². The Hall–Kier alpha value is -2.61. The van der Waals surface area contributed by atoms with E-state index in [2.05, 4.69) is 20.6 Å². The van der Waals surface area contributed by atoms with E-state index in [1.807, 2.05) is 18.2 Å². The Morgan fingerprint density at radius 1 is 1.18 bits per heavy atom. The number of anilines is 1. The van der Waals surface area contributed by atoms with E-state index in [1.165, 1.54) is 0 Å². The maximum Gasteiger partial charge on any atom is 0.398 e.